The second-order valence-corrected chi connectivity index (χ2v) is 10.1. The predicted molar refractivity (Wildman–Crippen MR) is 131 cm³/mol. The molecule has 1 saturated carbocycles. The second kappa shape index (κ2) is 8.47. The average molecular weight is 488 g/mol. The van der Waals surface area contributed by atoms with Crippen molar-refractivity contribution in [1.29, 1.82) is 0 Å². The van der Waals surface area contributed by atoms with Gasteiger partial charge in [-0.1, -0.05) is 30.3 Å². The summed E-state index contributed by atoms with van der Waals surface area (Å²) in [5.41, 5.74) is 3.46. The van der Waals surface area contributed by atoms with Crippen molar-refractivity contribution in [3.63, 3.8) is 0 Å². The van der Waals surface area contributed by atoms with Crippen LogP contribution < -0.4 is 0 Å². The second-order valence-electron chi connectivity index (χ2n) is 10.1. The molecule has 3 aliphatic heterocycles. The Morgan fingerprint density at radius 2 is 1.89 bits per heavy atom. The summed E-state index contributed by atoms with van der Waals surface area (Å²) < 4.78 is 10.9. The number of pyridine rings is 1. The van der Waals surface area contributed by atoms with Gasteiger partial charge in [-0.05, 0) is 49.0 Å². The third-order valence-electron chi connectivity index (χ3n) is 8.04. The lowest BCUT2D eigenvalue weighted by Crippen LogP contribution is -2.40. The van der Waals surface area contributed by atoms with Crippen molar-refractivity contribution < 1.29 is 23.9 Å². The van der Waals surface area contributed by atoms with Gasteiger partial charge in [0.1, 0.15) is 0 Å². The largest absolute Gasteiger partial charge is 0.450 e. The van der Waals surface area contributed by atoms with Crippen molar-refractivity contribution in [2.45, 2.75) is 43.6 Å². The minimum absolute atomic E-state index is 0.118. The van der Waals surface area contributed by atoms with Gasteiger partial charge in [-0.25, -0.2) is 9.59 Å². The van der Waals surface area contributed by atoms with Crippen LogP contribution in [0, 0.1) is 0 Å². The molecule has 1 aliphatic carbocycles. The highest BCUT2D eigenvalue weighted by atomic mass is 16.6. The highest BCUT2D eigenvalue weighted by molar-refractivity contribution is 5.95. The van der Waals surface area contributed by atoms with Gasteiger partial charge >= 0.3 is 12.1 Å². The minimum atomic E-state index is -0.754. The summed E-state index contributed by atoms with van der Waals surface area (Å²) in [6.07, 6.45) is 8.06. The number of hydrogen-bond acceptors (Lipinski definition) is 6. The van der Waals surface area contributed by atoms with E-state index >= 15 is 0 Å². The van der Waals surface area contributed by atoms with Crippen molar-refractivity contribution in [2.75, 3.05) is 32.8 Å². The number of fused-ring (bicyclic) bond motifs is 2. The summed E-state index contributed by atoms with van der Waals surface area (Å²) in [5.74, 6) is -0.237. The van der Waals surface area contributed by atoms with Crippen molar-refractivity contribution in [3.8, 4) is 0 Å². The lowest BCUT2D eigenvalue weighted by Gasteiger charge is -2.27. The van der Waals surface area contributed by atoms with Gasteiger partial charge in [-0.3, -0.25) is 9.78 Å². The fourth-order valence-electron chi connectivity index (χ4n) is 5.87. The molecule has 4 aliphatic rings. The molecule has 6 rings (SSSR count). The average Bonchev–Trinajstić information content (AvgIpc) is 3.54. The van der Waals surface area contributed by atoms with Gasteiger partial charge < -0.3 is 19.3 Å². The van der Waals surface area contributed by atoms with Gasteiger partial charge in [0, 0.05) is 44.0 Å². The predicted octanol–water partition coefficient (Wildman–Crippen LogP) is 3.66. The van der Waals surface area contributed by atoms with E-state index in [1.807, 2.05) is 17.9 Å². The molecule has 0 unspecified atom stereocenters. The Morgan fingerprint density at radius 3 is 2.58 bits per heavy atom. The third-order valence-corrected chi connectivity index (χ3v) is 8.04. The molecule has 2 aromatic rings. The number of carbonyl (C=O) groups is 3. The molecule has 1 aromatic heterocycles. The van der Waals surface area contributed by atoms with Crippen LogP contribution in [0.25, 0.3) is 5.57 Å². The summed E-state index contributed by atoms with van der Waals surface area (Å²) in [6.45, 7) is 4.32. The molecule has 8 heteroatoms. The topological polar surface area (TPSA) is 89.0 Å². The van der Waals surface area contributed by atoms with Crippen molar-refractivity contribution >= 4 is 23.5 Å². The highest BCUT2D eigenvalue weighted by Crippen LogP contribution is 2.52. The first-order valence-corrected chi connectivity index (χ1v) is 12.6. The Hall–Kier alpha value is -3.68. The number of esters is 1. The number of benzene rings is 1. The van der Waals surface area contributed by atoms with Crippen molar-refractivity contribution in [3.05, 3.63) is 71.1 Å². The molecule has 4 heterocycles. The summed E-state index contributed by atoms with van der Waals surface area (Å²) in [5, 5.41) is 0. The number of amides is 2. The molecule has 8 nitrogen and oxygen atoms in total. The van der Waals surface area contributed by atoms with E-state index in [2.05, 4.69) is 35.3 Å². The molecule has 1 atom stereocenters. The van der Waals surface area contributed by atoms with E-state index in [9.17, 15) is 14.4 Å². The van der Waals surface area contributed by atoms with Crippen LogP contribution in [0.2, 0.25) is 0 Å². The number of aromatic nitrogens is 1. The molecule has 0 bridgehead atoms. The zero-order chi connectivity index (χ0) is 24.9. The van der Waals surface area contributed by atoms with E-state index in [-0.39, 0.29) is 18.0 Å². The Morgan fingerprint density at radius 1 is 1.08 bits per heavy atom. The highest BCUT2D eigenvalue weighted by Gasteiger charge is 2.57. The maximum Gasteiger partial charge on any atom is 0.410 e. The minimum Gasteiger partial charge on any atom is -0.450 e. The molecule has 1 spiro atoms. The maximum atomic E-state index is 13.7. The van der Waals surface area contributed by atoms with Crippen molar-refractivity contribution in [2.24, 2.45) is 0 Å². The normalized spacial score (nSPS) is 23.8. The number of ether oxygens (including phenoxy) is 2. The smallest absolute Gasteiger partial charge is 0.410 e. The van der Waals surface area contributed by atoms with Gasteiger partial charge in [0.25, 0.3) is 0 Å². The van der Waals surface area contributed by atoms with Gasteiger partial charge in [0.15, 0.2) is 5.60 Å². The summed E-state index contributed by atoms with van der Waals surface area (Å²) >= 11 is 0. The van der Waals surface area contributed by atoms with Crippen LogP contribution >= 0.6 is 0 Å². The van der Waals surface area contributed by atoms with Crippen LogP contribution in [-0.4, -0.2) is 65.5 Å². The Bertz CT molecular complexity index is 1270. The molecule has 0 radical (unpaired) electrons. The maximum absolute atomic E-state index is 13.7. The van der Waals surface area contributed by atoms with Gasteiger partial charge in [-0.15, -0.1) is 0 Å². The molecule has 186 valence electrons. The van der Waals surface area contributed by atoms with Gasteiger partial charge in [-0.2, -0.15) is 0 Å². The summed E-state index contributed by atoms with van der Waals surface area (Å²) in [4.78, 5) is 45.7. The number of carbonyl (C=O) groups excluding carboxylic acids is 3. The number of nitrogens with zero attached hydrogens (tertiary/aromatic N) is 3. The molecular weight excluding hydrogens is 458 g/mol. The fourth-order valence-corrected chi connectivity index (χ4v) is 5.87. The lowest BCUT2D eigenvalue weighted by atomic mass is 9.91. The van der Waals surface area contributed by atoms with Crippen molar-refractivity contribution in [1.82, 2.24) is 14.8 Å². The van der Waals surface area contributed by atoms with E-state index in [0.29, 0.717) is 44.8 Å². The van der Waals surface area contributed by atoms with E-state index < -0.39 is 11.0 Å². The van der Waals surface area contributed by atoms with E-state index in [1.54, 1.807) is 17.3 Å². The summed E-state index contributed by atoms with van der Waals surface area (Å²) in [6, 6.07) is 10.2. The molecule has 1 saturated heterocycles. The standard InChI is InChI=1S/C28H29N3O5/c1-2-35-26(34)30-14-8-20(9-15-30)19-3-5-21(6-4-19)27(10-11-27)25(33)31-16-12-28(18-31)23-7-13-29-17-22(23)24(32)36-28/h3-8,13,17H,2,9-12,14-16,18H2,1H3/t28-/m0/s1. The number of rotatable bonds is 4. The SMILES string of the molecule is CCOC(=O)N1CC=C(c2ccc(C3(C(=O)N4CC[C@@]5(C4)OC(=O)c4cnccc45)CC3)cc2)CC1. The molecular formula is C28H29N3O5. The first-order valence-electron chi connectivity index (χ1n) is 12.6. The van der Waals surface area contributed by atoms with Gasteiger partial charge in [0.05, 0.1) is 24.1 Å². The quantitative estimate of drug-likeness (QED) is 0.612. The Balaban J connectivity index is 1.15. The number of likely N-dealkylation sites (tertiary alicyclic amines) is 1. The zero-order valence-corrected chi connectivity index (χ0v) is 20.4. The van der Waals surface area contributed by atoms with Crippen LogP contribution in [0.5, 0.6) is 0 Å². The Labute approximate surface area is 209 Å². The zero-order valence-electron chi connectivity index (χ0n) is 20.4. The van der Waals surface area contributed by atoms with Gasteiger partial charge in [0.2, 0.25) is 5.91 Å². The molecule has 0 N–H and O–H groups in total. The first kappa shape index (κ1) is 22.8. The van der Waals surface area contributed by atoms with E-state index in [4.69, 9.17) is 9.47 Å². The molecule has 1 aromatic carbocycles. The van der Waals surface area contributed by atoms with E-state index in [0.717, 1.165) is 36.0 Å². The molecule has 2 fully saturated rings. The Kier molecular flexibility index (Phi) is 5.35. The molecule has 36 heavy (non-hydrogen) atoms. The monoisotopic (exact) mass is 487 g/mol. The third kappa shape index (κ3) is 3.58. The molecule has 2 amide bonds. The first-order chi connectivity index (χ1) is 17.5. The lowest BCUT2D eigenvalue weighted by molar-refractivity contribution is -0.134. The number of hydrogen-bond donors (Lipinski definition) is 0. The van der Waals surface area contributed by atoms with Crippen LogP contribution in [0.3, 0.4) is 0 Å². The van der Waals surface area contributed by atoms with Crippen LogP contribution in [0.15, 0.2) is 48.8 Å². The van der Waals surface area contributed by atoms with Crippen LogP contribution in [0.4, 0.5) is 4.79 Å². The fraction of sp³-hybridized carbons (Fsp3) is 0.429. The summed E-state index contributed by atoms with van der Waals surface area (Å²) in [7, 11) is 0. The van der Waals surface area contributed by atoms with Crippen LogP contribution in [0.1, 0.15) is 59.7 Å². The van der Waals surface area contributed by atoms with E-state index in [1.165, 1.54) is 5.57 Å². The van der Waals surface area contributed by atoms with Crippen LogP contribution in [-0.2, 0) is 25.3 Å².